The van der Waals surface area contributed by atoms with E-state index in [0.29, 0.717) is 12.1 Å². The lowest BCUT2D eigenvalue weighted by Crippen LogP contribution is -2.58. The van der Waals surface area contributed by atoms with Crippen molar-refractivity contribution in [3.05, 3.63) is 0 Å². The van der Waals surface area contributed by atoms with E-state index >= 15 is 0 Å². The second-order valence-corrected chi connectivity index (χ2v) is 3.95. The first-order valence-corrected chi connectivity index (χ1v) is 4.35. The van der Waals surface area contributed by atoms with Gasteiger partial charge in [-0.2, -0.15) is 0 Å². The molecule has 0 aromatic rings. The van der Waals surface area contributed by atoms with Crippen LogP contribution in [0.4, 0.5) is 0 Å². The van der Waals surface area contributed by atoms with Gasteiger partial charge in [0, 0.05) is 18.7 Å². The number of rotatable bonds is 0. The molecule has 1 heterocycles. The van der Waals surface area contributed by atoms with Gasteiger partial charge < -0.3 is 16.2 Å². The van der Waals surface area contributed by atoms with Crippen molar-refractivity contribution < 1.29 is 4.74 Å². The summed E-state index contributed by atoms with van der Waals surface area (Å²) in [5.74, 6) is 0. The minimum Gasteiger partial charge on any atom is -0.375 e. The lowest BCUT2D eigenvalue weighted by molar-refractivity contribution is -0.140. The van der Waals surface area contributed by atoms with Gasteiger partial charge in [-0.15, -0.1) is 0 Å². The molecular weight excluding hydrogens is 140 g/mol. The Morgan fingerprint density at radius 1 is 1.09 bits per heavy atom. The van der Waals surface area contributed by atoms with Crippen LogP contribution in [0.2, 0.25) is 0 Å². The first-order chi connectivity index (χ1) is 5.20. The highest BCUT2D eigenvalue weighted by molar-refractivity contribution is 5.01. The highest BCUT2D eigenvalue weighted by Crippen LogP contribution is 2.41. The molecule has 1 unspecified atom stereocenters. The van der Waals surface area contributed by atoms with Crippen LogP contribution in [0.15, 0.2) is 0 Å². The van der Waals surface area contributed by atoms with E-state index in [9.17, 15) is 0 Å². The molecule has 2 rings (SSSR count). The third-order valence-corrected chi connectivity index (χ3v) is 2.80. The Labute approximate surface area is 67.1 Å². The van der Waals surface area contributed by atoms with Gasteiger partial charge in [-0.25, -0.2) is 0 Å². The molecule has 0 bridgehead atoms. The first-order valence-electron chi connectivity index (χ1n) is 4.35. The SMILES string of the molecule is NC1CCOC2(C1)CC(N)C2. The number of nitrogens with two attached hydrogens (primary N) is 2. The zero-order chi connectivity index (χ0) is 7.90. The van der Waals surface area contributed by atoms with Crippen LogP contribution in [0.1, 0.15) is 25.7 Å². The van der Waals surface area contributed by atoms with Gasteiger partial charge in [0.05, 0.1) is 5.60 Å². The van der Waals surface area contributed by atoms with Crippen molar-refractivity contribution >= 4 is 0 Å². The molecule has 4 N–H and O–H groups in total. The highest BCUT2D eigenvalue weighted by Gasteiger charge is 2.46. The standard InChI is InChI=1S/C8H16N2O/c9-6-1-2-11-8(3-6)4-7(10)5-8/h6-7H,1-5,9-10H2. The summed E-state index contributed by atoms with van der Waals surface area (Å²) >= 11 is 0. The number of hydrogen-bond acceptors (Lipinski definition) is 3. The summed E-state index contributed by atoms with van der Waals surface area (Å²) in [7, 11) is 0. The Kier molecular flexibility index (Phi) is 1.67. The van der Waals surface area contributed by atoms with Crippen molar-refractivity contribution in [1.82, 2.24) is 0 Å². The van der Waals surface area contributed by atoms with E-state index in [1.54, 1.807) is 0 Å². The van der Waals surface area contributed by atoms with E-state index in [2.05, 4.69) is 0 Å². The van der Waals surface area contributed by atoms with Crippen molar-refractivity contribution in [2.45, 2.75) is 43.4 Å². The van der Waals surface area contributed by atoms with E-state index in [0.717, 1.165) is 32.3 Å². The van der Waals surface area contributed by atoms with E-state index in [4.69, 9.17) is 16.2 Å². The molecule has 1 atom stereocenters. The summed E-state index contributed by atoms with van der Waals surface area (Å²) in [6.45, 7) is 0.827. The van der Waals surface area contributed by atoms with Gasteiger partial charge in [0.1, 0.15) is 0 Å². The summed E-state index contributed by atoms with van der Waals surface area (Å²) in [4.78, 5) is 0. The topological polar surface area (TPSA) is 61.3 Å². The van der Waals surface area contributed by atoms with Gasteiger partial charge in [0.25, 0.3) is 0 Å². The first kappa shape index (κ1) is 7.53. The number of hydrogen-bond donors (Lipinski definition) is 2. The Hall–Kier alpha value is -0.120. The monoisotopic (exact) mass is 156 g/mol. The maximum atomic E-state index is 5.84. The minimum absolute atomic E-state index is 0.0943. The Balaban J connectivity index is 1.93. The van der Waals surface area contributed by atoms with Crippen molar-refractivity contribution in [2.24, 2.45) is 11.5 Å². The quantitative estimate of drug-likeness (QED) is 0.518. The molecule has 0 aromatic carbocycles. The lowest BCUT2D eigenvalue weighted by atomic mass is 9.71. The van der Waals surface area contributed by atoms with Gasteiger partial charge in [-0.1, -0.05) is 0 Å². The number of ether oxygens (including phenoxy) is 1. The second kappa shape index (κ2) is 2.44. The van der Waals surface area contributed by atoms with E-state index in [1.165, 1.54) is 0 Å². The van der Waals surface area contributed by atoms with Crippen molar-refractivity contribution in [1.29, 1.82) is 0 Å². The largest absolute Gasteiger partial charge is 0.375 e. The van der Waals surface area contributed by atoms with Crippen molar-refractivity contribution in [3.8, 4) is 0 Å². The average molecular weight is 156 g/mol. The molecule has 0 radical (unpaired) electrons. The molecule has 2 aliphatic rings. The zero-order valence-electron chi connectivity index (χ0n) is 6.75. The fourth-order valence-corrected chi connectivity index (χ4v) is 2.25. The fourth-order valence-electron chi connectivity index (χ4n) is 2.25. The highest BCUT2D eigenvalue weighted by atomic mass is 16.5. The Morgan fingerprint density at radius 3 is 2.27 bits per heavy atom. The molecule has 1 aliphatic heterocycles. The summed E-state index contributed by atoms with van der Waals surface area (Å²) in [6, 6.07) is 0.705. The van der Waals surface area contributed by atoms with Crippen LogP contribution in [0.5, 0.6) is 0 Å². The Morgan fingerprint density at radius 2 is 1.73 bits per heavy atom. The van der Waals surface area contributed by atoms with E-state index < -0.39 is 0 Å². The molecule has 2 fully saturated rings. The molecular formula is C8H16N2O. The van der Waals surface area contributed by atoms with Crippen molar-refractivity contribution in [2.75, 3.05) is 6.61 Å². The molecule has 11 heavy (non-hydrogen) atoms. The maximum Gasteiger partial charge on any atom is 0.0726 e. The molecule has 1 saturated heterocycles. The molecule has 1 aliphatic carbocycles. The fraction of sp³-hybridized carbons (Fsp3) is 1.00. The summed E-state index contributed by atoms with van der Waals surface area (Å²) < 4.78 is 5.68. The predicted octanol–water partition coefficient (Wildman–Crippen LogP) is -0.0160. The Bertz CT molecular complexity index is 149. The molecule has 3 heteroatoms. The van der Waals surface area contributed by atoms with Gasteiger partial charge in [0.2, 0.25) is 0 Å². The van der Waals surface area contributed by atoms with Gasteiger partial charge >= 0.3 is 0 Å². The van der Waals surface area contributed by atoms with Crippen LogP contribution in [-0.4, -0.2) is 24.3 Å². The molecule has 3 nitrogen and oxygen atoms in total. The normalized spacial score (nSPS) is 50.7. The van der Waals surface area contributed by atoms with Crippen LogP contribution in [0.3, 0.4) is 0 Å². The predicted molar refractivity (Wildman–Crippen MR) is 43.1 cm³/mol. The van der Waals surface area contributed by atoms with Gasteiger partial charge in [0.15, 0.2) is 0 Å². The van der Waals surface area contributed by atoms with Crippen LogP contribution in [-0.2, 0) is 4.74 Å². The van der Waals surface area contributed by atoms with E-state index in [1.807, 2.05) is 0 Å². The van der Waals surface area contributed by atoms with E-state index in [-0.39, 0.29) is 5.60 Å². The van der Waals surface area contributed by atoms with Crippen LogP contribution in [0, 0.1) is 0 Å². The minimum atomic E-state index is 0.0943. The molecule has 64 valence electrons. The maximum absolute atomic E-state index is 5.84. The van der Waals surface area contributed by atoms with Crippen molar-refractivity contribution in [3.63, 3.8) is 0 Å². The van der Waals surface area contributed by atoms with Crippen LogP contribution >= 0.6 is 0 Å². The smallest absolute Gasteiger partial charge is 0.0726 e. The van der Waals surface area contributed by atoms with Crippen LogP contribution < -0.4 is 11.5 Å². The summed E-state index contributed by atoms with van der Waals surface area (Å²) in [5.41, 5.74) is 11.6. The second-order valence-electron chi connectivity index (χ2n) is 3.95. The molecule has 1 saturated carbocycles. The average Bonchev–Trinajstić information content (AvgIpc) is 1.84. The molecule has 1 spiro atoms. The van der Waals surface area contributed by atoms with Gasteiger partial charge in [-0.05, 0) is 25.7 Å². The third kappa shape index (κ3) is 1.28. The summed E-state index contributed by atoms with van der Waals surface area (Å²) in [5, 5.41) is 0. The summed E-state index contributed by atoms with van der Waals surface area (Å²) in [6.07, 6.45) is 4.05. The third-order valence-electron chi connectivity index (χ3n) is 2.80. The zero-order valence-corrected chi connectivity index (χ0v) is 6.75. The van der Waals surface area contributed by atoms with Gasteiger partial charge in [-0.3, -0.25) is 0 Å². The lowest BCUT2D eigenvalue weighted by Gasteiger charge is -2.49. The molecule has 0 aromatic heterocycles. The molecule has 0 amide bonds. The van der Waals surface area contributed by atoms with Crippen LogP contribution in [0.25, 0.3) is 0 Å².